The van der Waals surface area contributed by atoms with Crippen molar-refractivity contribution in [2.24, 2.45) is 5.73 Å². The third kappa shape index (κ3) is 4.28. The first kappa shape index (κ1) is 13.1. The molecule has 7 heteroatoms. The molecule has 1 saturated heterocycles. The first-order chi connectivity index (χ1) is 7.49. The second-order valence-corrected chi connectivity index (χ2v) is 5.56. The van der Waals surface area contributed by atoms with E-state index in [1.807, 2.05) is 5.32 Å². The van der Waals surface area contributed by atoms with Crippen molar-refractivity contribution in [3.05, 3.63) is 0 Å². The Morgan fingerprint density at radius 2 is 1.94 bits per heavy atom. The van der Waals surface area contributed by atoms with Crippen LogP contribution in [-0.4, -0.2) is 39.7 Å². The molecule has 0 bridgehead atoms. The lowest BCUT2D eigenvalue weighted by Crippen LogP contribution is -2.50. The molecule has 1 aliphatic rings. The molecule has 1 heterocycles. The van der Waals surface area contributed by atoms with Crippen LogP contribution in [0.2, 0.25) is 0 Å². The summed E-state index contributed by atoms with van der Waals surface area (Å²) in [5.41, 5.74) is 4.84. The van der Waals surface area contributed by atoms with Crippen LogP contribution in [0.25, 0.3) is 0 Å². The van der Waals surface area contributed by atoms with Crippen molar-refractivity contribution in [3.8, 4) is 0 Å². The Bertz CT molecular complexity index is 298. The lowest BCUT2D eigenvalue weighted by Gasteiger charge is -2.25. The number of hydrogen-bond acceptors (Lipinski definition) is 4. The summed E-state index contributed by atoms with van der Waals surface area (Å²) >= 11 is 0. The Hall–Kier alpha value is -0.950. The minimum absolute atomic E-state index is 0.186. The molecular weight excluding hydrogens is 230 g/mol. The van der Waals surface area contributed by atoms with Gasteiger partial charge in [-0.15, -0.1) is 0 Å². The summed E-state index contributed by atoms with van der Waals surface area (Å²) in [5.74, 6) is 0.906. The Morgan fingerprint density at radius 1 is 1.38 bits per heavy atom. The van der Waals surface area contributed by atoms with E-state index in [1.54, 1.807) is 6.92 Å². The highest BCUT2D eigenvalue weighted by molar-refractivity contribution is 7.85. The van der Waals surface area contributed by atoms with Crippen LogP contribution in [0.1, 0.15) is 19.8 Å². The molecule has 1 rings (SSSR count). The Labute approximate surface area is 96.8 Å². The molecule has 0 saturated carbocycles. The normalized spacial score (nSPS) is 27.1. The van der Waals surface area contributed by atoms with E-state index in [0.717, 1.165) is 12.8 Å². The lowest BCUT2D eigenvalue weighted by atomic mass is 10.1. The number of urea groups is 1. The van der Waals surface area contributed by atoms with Crippen molar-refractivity contribution < 1.29 is 13.8 Å². The molecule has 0 spiro atoms. The summed E-state index contributed by atoms with van der Waals surface area (Å²) < 4.78 is 11.1. The fourth-order valence-corrected chi connectivity index (χ4v) is 2.92. The van der Waals surface area contributed by atoms with Crippen molar-refractivity contribution in [3.63, 3.8) is 0 Å². The minimum Gasteiger partial charge on any atom is -0.351 e. The second-order valence-electron chi connectivity index (χ2n) is 3.86. The largest absolute Gasteiger partial charge is 0.351 e. The number of hydrogen-bond donors (Lipinski definition) is 3. The molecular formula is C9H17N3O3S. The quantitative estimate of drug-likeness (QED) is 0.599. The van der Waals surface area contributed by atoms with Crippen molar-refractivity contribution in [2.45, 2.75) is 31.8 Å². The van der Waals surface area contributed by atoms with E-state index in [9.17, 15) is 13.8 Å². The number of nitrogens with two attached hydrogens (primary N) is 1. The van der Waals surface area contributed by atoms with Crippen LogP contribution < -0.4 is 16.4 Å². The van der Waals surface area contributed by atoms with Crippen LogP contribution in [0.5, 0.6) is 0 Å². The van der Waals surface area contributed by atoms with Crippen LogP contribution >= 0.6 is 0 Å². The van der Waals surface area contributed by atoms with Crippen LogP contribution in [0, 0.1) is 0 Å². The van der Waals surface area contributed by atoms with E-state index < -0.39 is 28.8 Å². The van der Waals surface area contributed by atoms with Gasteiger partial charge in [0.2, 0.25) is 5.91 Å². The van der Waals surface area contributed by atoms with E-state index in [4.69, 9.17) is 5.73 Å². The van der Waals surface area contributed by atoms with Crippen LogP contribution in [0.3, 0.4) is 0 Å². The molecule has 1 aliphatic heterocycles. The maximum atomic E-state index is 11.4. The average molecular weight is 247 g/mol. The van der Waals surface area contributed by atoms with E-state index in [-0.39, 0.29) is 6.04 Å². The zero-order chi connectivity index (χ0) is 12.1. The van der Waals surface area contributed by atoms with Crippen molar-refractivity contribution in [2.75, 3.05) is 11.5 Å². The summed E-state index contributed by atoms with van der Waals surface area (Å²) in [7, 11) is -0.710. The van der Waals surface area contributed by atoms with Gasteiger partial charge in [-0.1, -0.05) is 0 Å². The zero-order valence-electron chi connectivity index (χ0n) is 9.19. The predicted molar refractivity (Wildman–Crippen MR) is 61.2 cm³/mol. The number of imide groups is 1. The highest BCUT2D eigenvalue weighted by atomic mass is 32.2. The Kier molecular flexibility index (Phi) is 4.88. The number of primary amides is 1. The van der Waals surface area contributed by atoms with Crippen LogP contribution in [-0.2, 0) is 15.6 Å². The van der Waals surface area contributed by atoms with Gasteiger partial charge in [0, 0.05) is 28.3 Å². The number of nitrogens with one attached hydrogen (secondary N) is 2. The molecule has 1 atom stereocenters. The molecule has 3 amide bonds. The van der Waals surface area contributed by atoms with E-state index in [1.165, 1.54) is 0 Å². The molecule has 16 heavy (non-hydrogen) atoms. The van der Waals surface area contributed by atoms with Gasteiger partial charge in [-0.25, -0.2) is 4.79 Å². The second kappa shape index (κ2) is 5.95. The van der Waals surface area contributed by atoms with Gasteiger partial charge < -0.3 is 11.1 Å². The summed E-state index contributed by atoms with van der Waals surface area (Å²) in [5, 5.41) is 5.11. The smallest absolute Gasteiger partial charge is 0.318 e. The third-order valence-electron chi connectivity index (χ3n) is 2.51. The van der Waals surface area contributed by atoms with Gasteiger partial charge in [0.25, 0.3) is 0 Å². The summed E-state index contributed by atoms with van der Waals surface area (Å²) in [4.78, 5) is 21.8. The van der Waals surface area contributed by atoms with E-state index >= 15 is 0 Å². The molecule has 0 aromatic heterocycles. The maximum Gasteiger partial charge on any atom is 0.318 e. The first-order valence-corrected chi connectivity index (χ1v) is 6.69. The summed E-state index contributed by atoms with van der Waals surface area (Å²) in [6, 6.07) is -1.13. The SMILES string of the molecule is CC(NC1CCS(=O)CC1)C(=O)NC(N)=O. The van der Waals surface area contributed by atoms with Gasteiger partial charge in [0.1, 0.15) is 0 Å². The van der Waals surface area contributed by atoms with Gasteiger partial charge in [-0.05, 0) is 19.8 Å². The van der Waals surface area contributed by atoms with Crippen LogP contribution in [0.15, 0.2) is 0 Å². The van der Waals surface area contributed by atoms with Crippen molar-refractivity contribution in [1.82, 2.24) is 10.6 Å². The standard InChI is InChI=1S/C9H17N3O3S/c1-6(8(13)12-9(10)14)11-7-2-4-16(15)5-3-7/h6-7,11H,2-5H2,1H3,(H3,10,12,13,14). The molecule has 0 aliphatic carbocycles. The fraction of sp³-hybridized carbons (Fsp3) is 0.778. The fourth-order valence-electron chi connectivity index (χ4n) is 1.62. The lowest BCUT2D eigenvalue weighted by molar-refractivity contribution is -0.121. The van der Waals surface area contributed by atoms with Crippen molar-refractivity contribution in [1.29, 1.82) is 0 Å². The molecule has 0 aromatic rings. The van der Waals surface area contributed by atoms with Gasteiger partial charge >= 0.3 is 6.03 Å². The molecule has 0 radical (unpaired) electrons. The summed E-state index contributed by atoms with van der Waals surface area (Å²) in [6.07, 6.45) is 1.58. The Morgan fingerprint density at radius 3 is 2.44 bits per heavy atom. The molecule has 92 valence electrons. The van der Waals surface area contributed by atoms with E-state index in [2.05, 4.69) is 5.32 Å². The Balaban J connectivity index is 2.33. The topological polar surface area (TPSA) is 101 Å². The number of carbonyl (C=O) groups excluding carboxylic acids is 2. The van der Waals surface area contributed by atoms with Gasteiger partial charge in [0.15, 0.2) is 0 Å². The average Bonchev–Trinajstić information content (AvgIpc) is 2.20. The van der Waals surface area contributed by atoms with E-state index in [0.29, 0.717) is 11.5 Å². The maximum absolute atomic E-state index is 11.4. The first-order valence-electron chi connectivity index (χ1n) is 5.20. The number of amides is 3. The predicted octanol–water partition coefficient (Wildman–Crippen LogP) is -0.929. The highest BCUT2D eigenvalue weighted by Crippen LogP contribution is 2.09. The molecule has 0 aromatic carbocycles. The van der Waals surface area contributed by atoms with Gasteiger partial charge in [0.05, 0.1) is 6.04 Å². The molecule has 4 N–H and O–H groups in total. The number of carbonyl (C=O) groups is 2. The van der Waals surface area contributed by atoms with Crippen molar-refractivity contribution >= 4 is 22.7 Å². The molecule has 1 unspecified atom stereocenters. The summed E-state index contributed by atoms with van der Waals surface area (Å²) in [6.45, 7) is 1.67. The van der Waals surface area contributed by atoms with Crippen LogP contribution in [0.4, 0.5) is 4.79 Å². The highest BCUT2D eigenvalue weighted by Gasteiger charge is 2.22. The third-order valence-corrected chi connectivity index (χ3v) is 3.90. The molecule has 1 fully saturated rings. The monoisotopic (exact) mass is 247 g/mol. The number of rotatable bonds is 3. The minimum atomic E-state index is -0.844. The zero-order valence-corrected chi connectivity index (χ0v) is 10.0. The van der Waals surface area contributed by atoms with Gasteiger partial charge in [-0.2, -0.15) is 0 Å². The van der Waals surface area contributed by atoms with Gasteiger partial charge in [-0.3, -0.25) is 14.3 Å². The molecule has 6 nitrogen and oxygen atoms in total.